The molecule has 0 bridgehead atoms. The first kappa shape index (κ1) is 13.8. The van der Waals surface area contributed by atoms with Crippen LogP contribution >= 0.6 is 0 Å². The van der Waals surface area contributed by atoms with Crippen molar-refractivity contribution in [1.82, 2.24) is 19.6 Å². The molecule has 0 amide bonds. The lowest BCUT2D eigenvalue weighted by atomic mass is 10.1. The first-order valence-corrected chi connectivity index (χ1v) is 6.76. The van der Waals surface area contributed by atoms with Crippen LogP contribution in [0.1, 0.15) is 49.9 Å². The minimum absolute atomic E-state index is 0.310. The summed E-state index contributed by atoms with van der Waals surface area (Å²) < 4.78 is 3.80. The number of aryl methyl sites for hydroxylation is 2. The maximum Gasteiger partial charge on any atom is 0.0875 e. The predicted molar refractivity (Wildman–Crippen MR) is 73.9 cm³/mol. The Bertz CT molecular complexity index is 541. The molecule has 0 fully saturated rings. The molecule has 2 heterocycles. The number of aliphatic hydroxyl groups excluding tert-OH is 1. The van der Waals surface area contributed by atoms with Crippen LogP contribution in [0.25, 0.3) is 0 Å². The number of nitrogens with zero attached hydrogens (tertiary/aromatic N) is 4. The Morgan fingerprint density at radius 3 is 2.68 bits per heavy atom. The highest BCUT2D eigenvalue weighted by atomic mass is 16.3. The van der Waals surface area contributed by atoms with E-state index in [0.29, 0.717) is 12.5 Å². The van der Waals surface area contributed by atoms with E-state index >= 15 is 0 Å². The normalized spacial score (nSPS) is 13.2. The molecule has 0 aliphatic heterocycles. The van der Waals surface area contributed by atoms with Crippen LogP contribution in [0.15, 0.2) is 18.5 Å². The monoisotopic (exact) mass is 262 g/mol. The lowest BCUT2D eigenvalue weighted by Gasteiger charge is -2.10. The SMILES string of the molecule is CCn1nc(C)cc1CC(O)c1cnn(C(C)C)c1. The minimum Gasteiger partial charge on any atom is -0.388 e. The van der Waals surface area contributed by atoms with E-state index in [0.717, 1.165) is 23.5 Å². The van der Waals surface area contributed by atoms with Crippen LogP contribution in [0, 0.1) is 6.92 Å². The van der Waals surface area contributed by atoms with Crippen LogP contribution in [0.2, 0.25) is 0 Å². The second-order valence-corrected chi connectivity index (χ2v) is 5.16. The summed E-state index contributed by atoms with van der Waals surface area (Å²) >= 11 is 0. The summed E-state index contributed by atoms with van der Waals surface area (Å²) in [6.45, 7) is 8.98. The number of hydrogen-bond donors (Lipinski definition) is 1. The molecule has 0 saturated heterocycles. The predicted octanol–water partition coefficient (Wildman–Crippen LogP) is 2.26. The third kappa shape index (κ3) is 3.04. The molecule has 104 valence electrons. The summed E-state index contributed by atoms with van der Waals surface area (Å²) in [5, 5.41) is 19.0. The molecule has 0 spiro atoms. The van der Waals surface area contributed by atoms with Gasteiger partial charge in [0.15, 0.2) is 0 Å². The van der Waals surface area contributed by atoms with Crippen molar-refractivity contribution in [2.75, 3.05) is 0 Å². The molecule has 1 N–H and O–H groups in total. The van der Waals surface area contributed by atoms with Crippen molar-refractivity contribution in [1.29, 1.82) is 0 Å². The second kappa shape index (κ2) is 5.57. The van der Waals surface area contributed by atoms with E-state index in [2.05, 4.69) is 31.0 Å². The smallest absolute Gasteiger partial charge is 0.0875 e. The van der Waals surface area contributed by atoms with Gasteiger partial charge in [-0.2, -0.15) is 10.2 Å². The van der Waals surface area contributed by atoms with Crippen LogP contribution in [-0.2, 0) is 13.0 Å². The number of hydrogen-bond acceptors (Lipinski definition) is 3. The summed E-state index contributed by atoms with van der Waals surface area (Å²) in [7, 11) is 0. The van der Waals surface area contributed by atoms with Gasteiger partial charge < -0.3 is 5.11 Å². The Hall–Kier alpha value is -1.62. The van der Waals surface area contributed by atoms with Gasteiger partial charge in [-0.15, -0.1) is 0 Å². The standard InChI is InChI=1S/C14H22N4O/c1-5-17-13(6-11(4)16-17)7-14(19)12-8-15-18(9-12)10(2)3/h6,8-10,14,19H,5,7H2,1-4H3. The third-order valence-electron chi connectivity index (χ3n) is 3.22. The Kier molecular flexibility index (Phi) is 4.04. The molecule has 2 aromatic rings. The molecule has 5 nitrogen and oxygen atoms in total. The van der Waals surface area contributed by atoms with Gasteiger partial charge in [0.25, 0.3) is 0 Å². The molecule has 19 heavy (non-hydrogen) atoms. The fraction of sp³-hybridized carbons (Fsp3) is 0.571. The molecule has 2 aromatic heterocycles. The van der Waals surface area contributed by atoms with Gasteiger partial charge >= 0.3 is 0 Å². The molecular weight excluding hydrogens is 240 g/mol. The van der Waals surface area contributed by atoms with Crippen LogP contribution < -0.4 is 0 Å². The van der Waals surface area contributed by atoms with Gasteiger partial charge in [0.05, 0.1) is 18.0 Å². The molecule has 0 saturated carbocycles. The molecule has 1 atom stereocenters. The van der Waals surface area contributed by atoms with Crippen molar-refractivity contribution in [3.8, 4) is 0 Å². The van der Waals surface area contributed by atoms with Gasteiger partial charge in [-0.05, 0) is 33.8 Å². The van der Waals surface area contributed by atoms with E-state index in [-0.39, 0.29) is 0 Å². The lowest BCUT2D eigenvalue weighted by Crippen LogP contribution is -2.08. The fourth-order valence-electron chi connectivity index (χ4n) is 2.16. The number of rotatable bonds is 5. The Morgan fingerprint density at radius 2 is 2.11 bits per heavy atom. The molecule has 5 heteroatoms. The third-order valence-corrected chi connectivity index (χ3v) is 3.22. The molecular formula is C14H22N4O. The first-order valence-electron chi connectivity index (χ1n) is 6.76. The summed E-state index contributed by atoms with van der Waals surface area (Å²) in [5.41, 5.74) is 2.90. The van der Waals surface area contributed by atoms with E-state index in [4.69, 9.17) is 0 Å². The van der Waals surface area contributed by atoms with Gasteiger partial charge in [0.2, 0.25) is 0 Å². The van der Waals surface area contributed by atoms with E-state index in [1.54, 1.807) is 6.20 Å². The van der Waals surface area contributed by atoms with Gasteiger partial charge in [-0.1, -0.05) is 0 Å². The largest absolute Gasteiger partial charge is 0.388 e. The molecule has 0 aliphatic rings. The van der Waals surface area contributed by atoms with Crippen molar-refractivity contribution in [3.63, 3.8) is 0 Å². The summed E-state index contributed by atoms with van der Waals surface area (Å²) in [6.07, 6.45) is 3.69. The van der Waals surface area contributed by atoms with Crippen molar-refractivity contribution >= 4 is 0 Å². The van der Waals surface area contributed by atoms with Gasteiger partial charge in [0, 0.05) is 36.5 Å². The summed E-state index contributed by atoms with van der Waals surface area (Å²) in [5.74, 6) is 0. The quantitative estimate of drug-likeness (QED) is 0.899. The van der Waals surface area contributed by atoms with Crippen molar-refractivity contribution in [2.45, 2.75) is 52.8 Å². The highest BCUT2D eigenvalue weighted by molar-refractivity contribution is 5.15. The molecule has 0 radical (unpaired) electrons. The van der Waals surface area contributed by atoms with Crippen molar-refractivity contribution in [2.24, 2.45) is 0 Å². The Morgan fingerprint density at radius 1 is 1.37 bits per heavy atom. The van der Waals surface area contributed by atoms with E-state index in [1.807, 2.05) is 28.6 Å². The van der Waals surface area contributed by atoms with Crippen molar-refractivity contribution in [3.05, 3.63) is 35.4 Å². The second-order valence-electron chi connectivity index (χ2n) is 5.16. The fourth-order valence-corrected chi connectivity index (χ4v) is 2.16. The lowest BCUT2D eigenvalue weighted by molar-refractivity contribution is 0.175. The van der Waals surface area contributed by atoms with Crippen LogP contribution in [0.5, 0.6) is 0 Å². The van der Waals surface area contributed by atoms with Crippen LogP contribution in [0.3, 0.4) is 0 Å². The maximum absolute atomic E-state index is 10.3. The van der Waals surface area contributed by atoms with Gasteiger partial charge in [-0.25, -0.2) is 0 Å². The number of aliphatic hydroxyl groups is 1. The van der Waals surface area contributed by atoms with Gasteiger partial charge in [-0.3, -0.25) is 9.36 Å². The topological polar surface area (TPSA) is 55.9 Å². The number of aromatic nitrogens is 4. The molecule has 2 rings (SSSR count). The summed E-state index contributed by atoms with van der Waals surface area (Å²) in [4.78, 5) is 0. The van der Waals surface area contributed by atoms with Crippen molar-refractivity contribution < 1.29 is 5.11 Å². The van der Waals surface area contributed by atoms with E-state index in [9.17, 15) is 5.11 Å². The average molecular weight is 262 g/mol. The Labute approximate surface area is 113 Å². The maximum atomic E-state index is 10.3. The molecule has 0 aromatic carbocycles. The first-order chi connectivity index (χ1) is 9.01. The zero-order valence-electron chi connectivity index (χ0n) is 12.0. The highest BCUT2D eigenvalue weighted by Gasteiger charge is 2.15. The van der Waals surface area contributed by atoms with E-state index in [1.165, 1.54) is 0 Å². The molecule has 1 unspecified atom stereocenters. The minimum atomic E-state index is -0.533. The zero-order valence-corrected chi connectivity index (χ0v) is 12.0. The van der Waals surface area contributed by atoms with Crippen LogP contribution in [-0.4, -0.2) is 24.7 Å². The zero-order chi connectivity index (χ0) is 14.0. The van der Waals surface area contributed by atoms with E-state index < -0.39 is 6.10 Å². The van der Waals surface area contributed by atoms with Crippen LogP contribution in [0.4, 0.5) is 0 Å². The van der Waals surface area contributed by atoms with Gasteiger partial charge in [0.1, 0.15) is 0 Å². The Balaban J connectivity index is 2.13. The summed E-state index contributed by atoms with van der Waals surface area (Å²) in [6, 6.07) is 2.34. The highest BCUT2D eigenvalue weighted by Crippen LogP contribution is 2.19. The average Bonchev–Trinajstić information content (AvgIpc) is 2.95. The molecule has 0 aliphatic carbocycles.